The molecule has 2 aromatic rings. The van der Waals surface area contributed by atoms with Crippen LogP contribution in [0.15, 0.2) is 24.3 Å². The summed E-state index contributed by atoms with van der Waals surface area (Å²) < 4.78 is 25.2. The van der Waals surface area contributed by atoms with E-state index in [0.29, 0.717) is 6.42 Å². The number of carbonyl (C=O) groups excluding carboxylic acids is 1. The molecule has 0 N–H and O–H groups in total. The molecule has 2 atom stereocenters. The predicted molar refractivity (Wildman–Crippen MR) is 91.2 cm³/mol. The lowest BCUT2D eigenvalue weighted by atomic mass is 10.1. The molecule has 1 aliphatic heterocycles. The van der Waals surface area contributed by atoms with Gasteiger partial charge in [-0.2, -0.15) is 0 Å². The van der Waals surface area contributed by atoms with Crippen LogP contribution < -0.4 is 0 Å². The third-order valence-corrected chi connectivity index (χ3v) is 6.41. The minimum absolute atomic E-state index is 0.00872. The van der Waals surface area contributed by atoms with Crippen molar-refractivity contribution in [2.45, 2.75) is 45.3 Å². The zero-order valence-corrected chi connectivity index (χ0v) is 14.7. The molecule has 1 fully saturated rings. The molecular formula is C16H22N4O3S. The molecule has 0 saturated carbocycles. The normalized spacial score (nSPS) is 21.0. The number of benzene rings is 1. The summed E-state index contributed by atoms with van der Waals surface area (Å²) in [6, 6.07) is 7.22. The number of hydrogen-bond donors (Lipinski definition) is 0. The Balaban J connectivity index is 1.84. The molecule has 0 aliphatic carbocycles. The number of rotatable bonds is 5. The Kier molecular flexibility index (Phi) is 4.58. The van der Waals surface area contributed by atoms with Crippen LogP contribution in [-0.4, -0.2) is 57.8 Å². The minimum atomic E-state index is -3.04. The first-order chi connectivity index (χ1) is 11.4. The molecule has 1 aliphatic rings. The van der Waals surface area contributed by atoms with E-state index < -0.39 is 9.84 Å². The molecule has 24 heavy (non-hydrogen) atoms. The Hall–Kier alpha value is -1.96. The summed E-state index contributed by atoms with van der Waals surface area (Å²) in [5, 5.41) is 8.12. The fourth-order valence-corrected chi connectivity index (χ4v) is 4.96. The smallest absolute Gasteiger partial charge is 0.244 e. The van der Waals surface area contributed by atoms with E-state index in [1.165, 1.54) is 0 Å². The van der Waals surface area contributed by atoms with Gasteiger partial charge < -0.3 is 4.90 Å². The molecule has 0 spiro atoms. The fraction of sp³-hybridized carbons (Fsp3) is 0.562. The van der Waals surface area contributed by atoms with Crippen LogP contribution >= 0.6 is 0 Å². The van der Waals surface area contributed by atoms with Crippen molar-refractivity contribution in [3.05, 3.63) is 24.3 Å². The van der Waals surface area contributed by atoms with E-state index >= 15 is 0 Å². The number of amides is 1. The lowest BCUT2D eigenvalue weighted by Gasteiger charge is -2.33. The Morgan fingerprint density at radius 3 is 2.83 bits per heavy atom. The molecule has 0 radical (unpaired) electrons. The van der Waals surface area contributed by atoms with Gasteiger partial charge in [0.15, 0.2) is 9.84 Å². The van der Waals surface area contributed by atoms with Gasteiger partial charge in [-0.3, -0.25) is 4.79 Å². The Labute approximate surface area is 141 Å². The van der Waals surface area contributed by atoms with Crippen LogP contribution in [0.5, 0.6) is 0 Å². The second-order valence-corrected chi connectivity index (χ2v) is 8.58. The SMILES string of the molecule is CC[C@@H](C)N(C(=O)Cn1nnc2ccccc21)[C@@H]1CCS(=O)(=O)C1. The number of carbonyl (C=O) groups is 1. The van der Waals surface area contributed by atoms with Gasteiger partial charge in [-0.05, 0) is 31.9 Å². The van der Waals surface area contributed by atoms with Gasteiger partial charge >= 0.3 is 0 Å². The zero-order chi connectivity index (χ0) is 17.3. The highest BCUT2D eigenvalue weighted by Crippen LogP contribution is 2.22. The van der Waals surface area contributed by atoms with Crippen molar-refractivity contribution in [2.75, 3.05) is 11.5 Å². The maximum absolute atomic E-state index is 12.9. The first-order valence-corrected chi connectivity index (χ1v) is 10.0. The van der Waals surface area contributed by atoms with E-state index in [-0.39, 0.29) is 36.0 Å². The number of hydrogen-bond acceptors (Lipinski definition) is 5. The summed E-state index contributed by atoms with van der Waals surface area (Å²) in [4.78, 5) is 14.6. The molecule has 1 aromatic carbocycles. The van der Waals surface area contributed by atoms with Crippen molar-refractivity contribution in [2.24, 2.45) is 0 Å². The fourth-order valence-electron chi connectivity index (χ4n) is 3.24. The van der Waals surface area contributed by atoms with Crippen molar-refractivity contribution >= 4 is 26.8 Å². The third-order valence-electron chi connectivity index (χ3n) is 4.66. The molecule has 8 heteroatoms. The van der Waals surface area contributed by atoms with Crippen molar-refractivity contribution in [3.63, 3.8) is 0 Å². The van der Waals surface area contributed by atoms with Gasteiger partial charge in [-0.1, -0.05) is 24.3 Å². The highest BCUT2D eigenvalue weighted by molar-refractivity contribution is 7.91. The van der Waals surface area contributed by atoms with Crippen molar-refractivity contribution in [1.82, 2.24) is 19.9 Å². The minimum Gasteiger partial charge on any atom is -0.334 e. The van der Waals surface area contributed by atoms with Gasteiger partial charge in [0, 0.05) is 12.1 Å². The molecule has 0 bridgehead atoms. The number of nitrogens with zero attached hydrogens (tertiary/aromatic N) is 4. The lowest BCUT2D eigenvalue weighted by Crippen LogP contribution is -2.48. The Bertz CT molecular complexity index is 846. The highest BCUT2D eigenvalue weighted by Gasteiger charge is 2.36. The van der Waals surface area contributed by atoms with E-state index in [1.807, 2.05) is 38.1 Å². The van der Waals surface area contributed by atoms with Gasteiger partial charge in [0.1, 0.15) is 12.1 Å². The molecule has 3 rings (SSSR count). The van der Waals surface area contributed by atoms with E-state index in [9.17, 15) is 13.2 Å². The molecule has 1 saturated heterocycles. The first-order valence-electron chi connectivity index (χ1n) is 8.21. The summed E-state index contributed by atoms with van der Waals surface area (Å²) in [5.41, 5.74) is 1.54. The van der Waals surface area contributed by atoms with Crippen LogP contribution in [0.25, 0.3) is 11.0 Å². The van der Waals surface area contributed by atoms with Crippen molar-refractivity contribution in [1.29, 1.82) is 0 Å². The predicted octanol–water partition coefficient (Wildman–Crippen LogP) is 1.25. The summed E-state index contributed by atoms with van der Waals surface area (Å²) in [5.74, 6) is 0.104. The molecule has 0 unspecified atom stereocenters. The van der Waals surface area contributed by atoms with E-state index in [0.717, 1.165) is 17.5 Å². The second-order valence-electron chi connectivity index (χ2n) is 6.35. The van der Waals surface area contributed by atoms with Gasteiger partial charge in [0.2, 0.25) is 5.91 Å². The van der Waals surface area contributed by atoms with Gasteiger partial charge in [-0.25, -0.2) is 13.1 Å². The average Bonchev–Trinajstić information content (AvgIpc) is 3.11. The number of para-hydroxylation sites is 1. The topological polar surface area (TPSA) is 85.2 Å². The van der Waals surface area contributed by atoms with E-state index in [1.54, 1.807) is 9.58 Å². The highest BCUT2D eigenvalue weighted by atomic mass is 32.2. The summed E-state index contributed by atoms with van der Waals surface area (Å²) >= 11 is 0. The molecule has 1 amide bonds. The van der Waals surface area contributed by atoms with Gasteiger partial charge in [0.05, 0.1) is 17.0 Å². The summed E-state index contributed by atoms with van der Waals surface area (Å²) in [6.45, 7) is 4.03. The first kappa shape index (κ1) is 16.9. The van der Waals surface area contributed by atoms with Gasteiger partial charge in [0.25, 0.3) is 0 Å². The van der Waals surface area contributed by atoms with E-state index in [4.69, 9.17) is 0 Å². The average molecular weight is 350 g/mol. The van der Waals surface area contributed by atoms with Crippen LogP contribution in [0, 0.1) is 0 Å². The van der Waals surface area contributed by atoms with Crippen LogP contribution in [0.1, 0.15) is 26.7 Å². The molecule has 130 valence electrons. The number of sulfone groups is 1. The standard InChI is InChI=1S/C16H22N4O3S/c1-3-12(2)20(13-8-9-24(22,23)11-13)16(21)10-19-15-7-5-4-6-14(15)17-18-19/h4-7,12-13H,3,8-11H2,1-2H3/t12-,13-/m1/s1. The second kappa shape index (κ2) is 6.51. The quantitative estimate of drug-likeness (QED) is 0.810. The third kappa shape index (κ3) is 3.28. The van der Waals surface area contributed by atoms with Crippen molar-refractivity contribution in [3.8, 4) is 0 Å². The molecule has 2 heterocycles. The summed E-state index contributed by atoms with van der Waals surface area (Å²) in [6.07, 6.45) is 1.29. The molecule has 7 nitrogen and oxygen atoms in total. The van der Waals surface area contributed by atoms with Crippen molar-refractivity contribution < 1.29 is 13.2 Å². The number of fused-ring (bicyclic) bond motifs is 1. The van der Waals surface area contributed by atoms with Crippen LogP contribution in [-0.2, 0) is 21.2 Å². The largest absolute Gasteiger partial charge is 0.334 e. The monoisotopic (exact) mass is 350 g/mol. The lowest BCUT2D eigenvalue weighted by molar-refractivity contribution is -0.136. The maximum atomic E-state index is 12.9. The maximum Gasteiger partial charge on any atom is 0.244 e. The Morgan fingerprint density at radius 2 is 2.17 bits per heavy atom. The summed E-state index contributed by atoms with van der Waals surface area (Å²) in [7, 11) is -3.04. The van der Waals surface area contributed by atoms with Gasteiger partial charge in [-0.15, -0.1) is 5.10 Å². The molecule has 1 aromatic heterocycles. The van der Waals surface area contributed by atoms with Crippen LogP contribution in [0.3, 0.4) is 0 Å². The van der Waals surface area contributed by atoms with Crippen LogP contribution in [0.2, 0.25) is 0 Å². The Morgan fingerprint density at radius 1 is 1.42 bits per heavy atom. The van der Waals surface area contributed by atoms with E-state index in [2.05, 4.69) is 10.3 Å². The number of aromatic nitrogens is 3. The molecular weight excluding hydrogens is 328 g/mol. The zero-order valence-electron chi connectivity index (χ0n) is 13.9. The van der Waals surface area contributed by atoms with Crippen LogP contribution in [0.4, 0.5) is 0 Å².